The molecule has 24 heavy (non-hydrogen) atoms. The molecule has 8 heteroatoms. The average molecular weight is 377 g/mol. The number of nitrogens with one attached hydrogen (secondary N) is 1. The average Bonchev–Trinajstić information content (AvgIpc) is 2.51. The van der Waals surface area contributed by atoms with Crippen molar-refractivity contribution >= 4 is 33.2 Å². The predicted octanol–water partition coefficient (Wildman–Crippen LogP) is 2.67. The highest BCUT2D eigenvalue weighted by Crippen LogP contribution is 2.30. The van der Waals surface area contributed by atoms with Crippen LogP contribution in [0.25, 0.3) is 0 Å². The molecule has 0 spiro atoms. The normalized spacial score (nSPS) is 11.4. The SMILES string of the molecule is CCC(CC)C(=O)NCCN(c1ccc(OC)c(Cl)c1)S(C)(=O)=O. The van der Waals surface area contributed by atoms with Gasteiger partial charge in [0.05, 0.1) is 30.6 Å². The number of amides is 1. The Bertz CT molecular complexity index is 660. The molecule has 0 aliphatic heterocycles. The standard InChI is InChI=1S/C16H25ClN2O4S/c1-5-12(6-2)16(20)18-9-10-19(24(4,21)22)13-7-8-15(23-3)14(17)11-13/h7-8,11-12H,5-6,9-10H2,1-4H3,(H,18,20). The minimum Gasteiger partial charge on any atom is -0.495 e. The number of nitrogens with zero attached hydrogens (tertiary/aromatic N) is 1. The lowest BCUT2D eigenvalue weighted by molar-refractivity contribution is -0.125. The Kier molecular flexibility index (Phi) is 7.83. The Morgan fingerprint density at radius 1 is 1.33 bits per heavy atom. The van der Waals surface area contributed by atoms with Crippen molar-refractivity contribution in [3.8, 4) is 5.75 Å². The van der Waals surface area contributed by atoms with Crippen LogP contribution >= 0.6 is 11.6 Å². The maximum Gasteiger partial charge on any atom is 0.232 e. The summed E-state index contributed by atoms with van der Waals surface area (Å²) in [6, 6.07) is 4.76. The number of sulfonamides is 1. The van der Waals surface area contributed by atoms with E-state index in [0.29, 0.717) is 16.5 Å². The molecule has 1 amide bonds. The maximum absolute atomic E-state index is 12.1. The Hall–Kier alpha value is -1.47. The fourth-order valence-corrected chi connectivity index (χ4v) is 3.55. The fraction of sp³-hybridized carbons (Fsp3) is 0.562. The maximum atomic E-state index is 12.1. The fourth-order valence-electron chi connectivity index (χ4n) is 2.38. The van der Waals surface area contributed by atoms with Crippen LogP contribution in [0.4, 0.5) is 5.69 Å². The molecule has 0 radical (unpaired) electrons. The first-order valence-electron chi connectivity index (χ1n) is 7.83. The first kappa shape index (κ1) is 20.6. The topological polar surface area (TPSA) is 75.7 Å². The molecular formula is C16H25ClN2O4S. The van der Waals surface area contributed by atoms with Gasteiger partial charge in [-0.3, -0.25) is 9.10 Å². The molecule has 0 aliphatic carbocycles. The molecule has 0 aliphatic rings. The van der Waals surface area contributed by atoms with Crippen LogP contribution in [0.1, 0.15) is 26.7 Å². The molecular weight excluding hydrogens is 352 g/mol. The molecule has 0 unspecified atom stereocenters. The van der Waals surface area contributed by atoms with Gasteiger partial charge in [-0.15, -0.1) is 0 Å². The molecule has 0 heterocycles. The molecule has 136 valence electrons. The molecule has 1 aromatic rings. The molecule has 0 saturated carbocycles. The van der Waals surface area contributed by atoms with E-state index in [1.54, 1.807) is 12.1 Å². The van der Waals surface area contributed by atoms with Gasteiger partial charge in [-0.2, -0.15) is 0 Å². The van der Waals surface area contributed by atoms with Gasteiger partial charge in [-0.1, -0.05) is 25.4 Å². The summed E-state index contributed by atoms with van der Waals surface area (Å²) in [4.78, 5) is 12.0. The van der Waals surface area contributed by atoms with Gasteiger partial charge in [0.2, 0.25) is 15.9 Å². The van der Waals surface area contributed by atoms with Gasteiger partial charge in [-0.05, 0) is 31.0 Å². The number of carbonyl (C=O) groups is 1. The van der Waals surface area contributed by atoms with E-state index in [2.05, 4.69) is 5.32 Å². The quantitative estimate of drug-likeness (QED) is 0.718. The van der Waals surface area contributed by atoms with Crippen LogP contribution in [0.15, 0.2) is 18.2 Å². The second-order valence-corrected chi connectivity index (χ2v) is 7.77. The number of hydrogen-bond acceptors (Lipinski definition) is 4. The van der Waals surface area contributed by atoms with Crippen LogP contribution in [0.5, 0.6) is 5.75 Å². The highest BCUT2D eigenvalue weighted by Gasteiger charge is 2.20. The van der Waals surface area contributed by atoms with E-state index in [9.17, 15) is 13.2 Å². The number of hydrogen-bond donors (Lipinski definition) is 1. The number of ether oxygens (including phenoxy) is 1. The number of carbonyl (C=O) groups excluding carboxylic acids is 1. The number of methoxy groups -OCH3 is 1. The van der Waals surface area contributed by atoms with Crippen LogP contribution in [0, 0.1) is 5.92 Å². The number of benzene rings is 1. The van der Waals surface area contributed by atoms with Gasteiger partial charge in [0.15, 0.2) is 0 Å². The first-order chi connectivity index (χ1) is 11.2. The van der Waals surface area contributed by atoms with Crippen molar-refractivity contribution in [1.82, 2.24) is 5.32 Å². The summed E-state index contributed by atoms with van der Waals surface area (Å²) >= 11 is 6.07. The summed E-state index contributed by atoms with van der Waals surface area (Å²) in [5, 5.41) is 3.12. The zero-order chi connectivity index (χ0) is 18.3. The Labute approximate surface area is 149 Å². The molecule has 1 rings (SSSR count). The minimum atomic E-state index is -3.50. The molecule has 0 atom stereocenters. The van der Waals surface area contributed by atoms with Crippen molar-refractivity contribution in [3.05, 3.63) is 23.2 Å². The molecule has 0 saturated heterocycles. The molecule has 6 nitrogen and oxygen atoms in total. The summed E-state index contributed by atoms with van der Waals surface area (Å²) in [7, 11) is -2.01. The molecule has 0 bridgehead atoms. The van der Waals surface area contributed by atoms with E-state index in [1.807, 2.05) is 13.8 Å². The van der Waals surface area contributed by atoms with Crippen molar-refractivity contribution in [3.63, 3.8) is 0 Å². The third-order valence-corrected chi connectivity index (χ3v) is 5.28. The number of halogens is 1. The van der Waals surface area contributed by atoms with Crippen molar-refractivity contribution in [2.75, 3.05) is 30.8 Å². The van der Waals surface area contributed by atoms with Gasteiger partial charge < -0.3 is 10.1 Å². The third-order valence-electron chi connectivity index (χ3n) is 3.79. The van der Waals surface area contributed by atoms with E-state index < -0.39 is 10.0 Å². The third kappa shape index (κ3) is 5.56. The van der Waals surface area contributed by atoms with Crippen LogP contribution in [0.3, 0.4) is 0 Å². The van der Waals surface area contributed by atoms with E-state index in [-0.39, 0.29) is 24.9 Å². The largest absolute Gasteiger partial charge is 0.495 e. The molecule has 1 aromatic carbocycles. The second kappa shape index (κ2) is 9.13. The van der Waals surface area contributed by atoms with Crippen molar-refractivity contribution < 1.29 is 17.9 Å². The van der Waals surface area contributed by atoms with E-state index in [1.165, 1.54) is 17.5 Å². The van der Waals surface area contributed by atoms with Crippen LogP contribution in [-0.4, -0.2) is 40.8 Å². The van der Waals surface area contributed by atoms with Gasteiger partial charge in [-0.25, -0.2) is 8.42 Å². The predicted molar refractivity (Wildman–Crippen MR) is 97.3 cm³/mol. The highest BCUT2D eigenvalue weighted by atomic mass is 35.5. The summed E-state index contributed by atoms with van der Waals surface area (Å²) in [6.07, 6.45) is 2.63. The molecule has 0 aromatic heterocycles. The van der Waals surface area contributed by atoms with E-state index in [4.69, 9.17) is 16.3 Å². The lowest BCUT2D eigenvalue weighted by atomic mass is 10.0. The van der Waals surface area contributed by atoms with E-state index in [0.717, 1.165) is 19.1 Å². The number of anilines is 1. The van der Waals surface area contributed by atoms with Gasteiger partial charge in [0.25, 0.3) is 0 Å². The first-order valence-corrected chi connectivity index (χ1v) is 10.1. The Balaban J connectivity index is 2.85. The summed E-state index contributed by atoms with van der Waals surface area (Å²) in [5.74, 6) is 0.365. The van der Waals surface area contributed by atoms with E-state index >= 15 is 0 Å². The van der Waals surface area contributed by atoms with Crippen LogP contribution in [-0.2, 0) is 14.8 Å². The molecule has 0 fully saturated rings. The Morgan fingerprint density at radius 2 is 1.96 bits per heavy atom. The minimum absolute atomic E-state index is 0.0490. The van der Waals surface area contributed by atoms with Crippen molar-refractivity contribution in [2.24, 2.45) is 5.92 Å². The smallest absolute Gasteiger partial charge is 0.232 e. The van der Waals surface area contributed by atoms with Crippen LogP contribution < -0.4 is 14.4 Å². The number of rotatable bonds is 9. The zero-order valence-corrected chi connectivity index (χ0v) is 16.1. The molecule has 1 N–H and O–H groups in total. The summed E-state index contributed by atoms with van der Waals surface area (Å²) in [6.45, 7) is 4.27. The highest BCUT2D eigenvalue weighted by molar-refractivity contribution is 7.92. The Morgan fingerprint density at radius 3 is 2.42 bits per heavy atom. The van der Waals surface area contributed by atoms with Gasteiger partial charge in [0.1, 0.15) is 5.75 Å². The lowest BCUT2D eigenvalue weighted by Gasteiger charge is -2.23. The van der Waals surface area contributed by atoms with Crippen molar-refractivity contribution in [2.45, 2.75) is 26.7 Å². The van der Waals surface area contributed by atoms with Crippen molar-refractivity contribution in [1.29, 1.82) is 0 Å². The lowest BCUT2D eigenvalue weighted by Crippen LogP contribution is -2.39. The van der Waals surface area contributed by atoms with Gasteiger partial charge in [0, 0.05) is 12.5 Å². The van der Waals surface area contributed by atoms with Gasteiger partial charge >= 0.3 is 0 Å². The van der Waals surface area contributed by atoms with Crippen LogP contribution in [0.2, 0.25) is 5.02 Å². The summed E-state index contributed by atoms with van der Waals surface area (Å²) in [5.41, 5.74) is 0.431. The monoisotopic (exact) mass is 376 g/mol. The zero-order valence-electron chi connectivity index (χ0n) is 14.5. The summed E-state index contributed by atoms with van der Waals surface area (Å²) < 4.78 is 30.4. The second-order valence-electron chi connectivity index (χ2n) is 5.46.